The summed E-state index contributed by atoms with van der Waals surface area (Å²) >= 11 is 0. The van der Waals surface area contributed by atoms with Gasteiger partial charge in [-0.3, -0.25) is 5.11 Å². The minimum atomic E-state index is -0.679. The fourth-order valence-corrected chi connectivity index (χ4v) is 1.30. The van der Waals surface area contributed by atoms with Crippen LogP contribution < -0.4 is 0 Å². The van der Waals surface area contributed by atoms with Crippen LogP contribution in [0.2, 0.25) is 0 Å². The van der Waals surface area contributed by atoms with Crippen molar-refractivity contribution in [3.63, 3.8) is 0 Å². The zero-order chi connectivity index (χ0) is 9.42. The summed E-state index contributed by atoms with van der Waals surface area (Å²) in [4.78, 5) is 0. The predicted octanol–water partition coefficient (Wildman–Crippen LogP) is 3.26. The predicted molar refractivity (Wildman–Crippen MR) is 44.0 cm³/mol. The van der Waals surface area contributed by atoms with E-state index in [2.05, 4.69) is 0 Å². The first-order chi connectivity index (χ1) is 6.20. The van der Waals surface area contributed by atoms with Gasteiger partial charge in [0.05, 0.1) is 5.39 Å². The topological polar surface area (TPSA) is 19.9 Å². The molecule has 0 aliphatic heterocycles. The molecule has 0 aliphatic rings. The van der Waals surface area contributed by atoms with E-state index in [1.807, 2.05) is 0 Å². The van der Waals surface area contributed by atoms with Gasteiger partial charge in [-0.05, 0) is 18.2 Å². The van der Waals surface area contributed by atoms with E-state index in [-0.39, 0.29) is 10.8 Å². The van der Waals surface area contributed by atoms with Gasteiger partial charge in [-0.15, -0.1) is 0 Å². The van der Waals surface area contributed by atoms with Gasteiger partial charge in [0.15, 0.2) is 5.75 Å². The minimum Gasteiger partial charge on any atom is -0.289 e. The van der Waals surface area contributed by atoms with E-state index in [1.54, 1.807) is 0 Å². The van der Waals surface area contributed by atoms with E-state index in [4.69, 9.17) is 0 Å². The summed E-state index contributed by atoms with van der Waals surface area (Å²) in [5, 5.41) is 11.0. The number of hydrogen-bond acceptors (Lipinski definition) is 0. The van der Waals surface area contributed by atoms with Crippen LogP contribution in [0, 0.1) is 11.6 Å². The molecular weight excluding hydrogens is 174 g/mol. The Balaban J connectivity index is 3.00. The van der Waals surface area contributed by atoms with Crippen LogP contribution >= 0.6 is 0 Å². The molecule has 2 aromatic carbocycles. The third-order valence-electron chi connectivity index (χ3n) is 1.90. The highest BCUT2D eigenvalue weighted by atomic mass is 19.1. The lowest BCUT2D eigenvalue weighted by Gasteiger charge is -2.00. The lowest BCUT2D eigenvalue weighted by atomic mass is 10.1. The maximum atomic E-state index is 13.1. The summed E-state index contributed by atoms with van der Waals surface area (Å²) in [5.41, 5.74) is 0. The highest BCUT2D eigenvalue weighted by Gasteiger charge is 2.09. The second-order valence-corrected chi connectivity index (χ2v) is 2.71. The second-order valence-electron chi connectivity index (χ2n) is 2.71. The highest BCUT2D eigenvalue weighted by molar-refractivity contribution is 5.88. The average Bonchev–Trinajstić information content (AvgIpc) is 2.12. The molecule has 2 rings (SSSR count). The van der Waals surface area contributed by atoms with Gasteiger partial charge < -0.3 is 0 Å². The standard InChI is InChI=1S/C10H5F2O/c11-7-4-5-9(13)10-6(7)2-1-3-8(10)12/h1-5H. The summed E-state index contributed by atoms with van der Waals surface area (Å²) in [7, 11) is 0. The molecule has 0 saturated carbocycles. The Bertz CT molecular complexity index is 457. The highest BCUT2D eigenvalue weighted by Crippen LogP contribution is 2.29. The molecule has 65 valence electrons. The molecule has 0 saturated heterocycles. The van der Waals surface area contributed by atoms with Crippen molar-refractivity contribution < 1.29 is 13.9 Å². The van der Waals surface area contributed by atoms with E-state index in [1.165, 1.54) is 12.1 Å². The Labute approximate surface area is 73.2 Å². The van der Waals surface area contributed by atoms with E-state index < -0.39 is 17.4 Å². The van der Waals surface area contributed by atoms with Gasteiger partial charge in [0, 0.05) is 5.39 Å². The molecule has 0 bridgehead atoms. The summed E-state index contributed by atoms with van der Waals surface area (Å²) in [6.07, 6.45) is 0. The SMILES string of the molecule is [O]c1ccc(F)c2cccc(F)c12. The molecule has 0 unspecified atom stereocenters. The van der Waals surface area contributed by atoms with Gasteiger partial charge in [-0.25, -0.2) is 8.78 Å². The molecule has 1 radical (unpaired) electrons. The number of hydrogen-bond donors (Lipinski definition) is 0. The summed E-state index contributed by atoms with van der Waals surface area (Å²) in [6.45, 7) is 0. The van der Waals surface area contributed by atoms with Gasteiger partial charge in [-0.2, -0.15) is 0 Å². The lowest BCUT2D eigenvalue weighted by molar-refractivity contribution is 0.358. The summed E-state index contributed by atoms with van der Waals surface area (Å²) in [5.74, 6) is -1.74. The van der Waals surface area contributed by atoms with Crippen molar-refractivity contribution >= 4 is 10.8 Å². The molecular formula is C10H5F2O. The fourth-order valence-electron chi connectivity index (χ4n) is 1.30. The summed E-state index contributed by atoms with van der Waals surface area (Å²) in [6, 6.07) is 5.98. The average molecular weight is 179 g/mol. The molecule has 0 aliphatic carbocycles. The van der Waals surface area contributed by atoms with Gasteiger partial charge in [0.1, 0.15) is 11.6 Å². The number of rotatable bonds is 0. The molecule has 0 N–H and O–H groups in total. The first kappa shape index (κ1) is 7.98. The molecule has 0 spiro atoms. The maximum absolute atomic E-state index is 13.1. The monoisotopic (exact) mass is 179 g/mol. The normalized spacial score (nSPS) is 10.6. The number of benzene rings is 2. The number of halogens is 2. The smallest absolute Gasteiger partial charge is 0.189 e. The van der Waals surface area contributed by atoms with Crippen molar-refractivity contribution in [3.05, 3.63) is 42.0 Å². The number of fused-ring (bicyclic) bond motifs is 1. The molecule has 0 atom stereocenters. The molecule has 0 fully saturated rings. The Kier molecular flexibility index (Phi) is 1.65. The van der Waals surface area contributed by atoms with Crippen LogP contribution in [0.5, 0.6) is 5.75 Å². The van der Waals surface area contributed by atoms with Crippen LogP contribution in [-0.2, 0) is 5.11 Å². The molecule has 3 heteroatoms. The molecule has 0 heterocycles. The zero-order valence-corrected chi connectivity index (χ0v) is 6.55. The second kappa shape index (κ2) is 2.69. The van der Waals surface area contributed by atoms with Crippen molar-refractivity contribution in [1.82, 2.24) is 0 Å². The summed E-state index contributed by atoms with van der Waals surface area (Å²) < 4.78 is 26.1. The lowest BCUT2D eigenvalue weighted by Crippen LogP contribution is -1.83. The molecule has 1 nitrogen and oxygen atoms in total. The molecule has 0 amide bonds. The first-order valence-electron chi connectivity index (χ1n) is 3.74. The van der Waals surface area contributed by atoms with Crippen LogP contribution in [-0.4, -0.2) is 0 Å². The maximum Gasteiger partial charge on any atom is 0.189 e. The molecule has 2 aromatic rings. The van der Waals surface area contributed by atoms with Crippen LogP contribution in [0.15, 0.2) is 30.3 Å². The van der Waals surface area contributed by atoms with Gasteiger partial charge >= 0.3 is 0 Å². The van der Waals surface area contributed by atoms with Crippen LogP contribution in [0.1, 0.15) is 0 Å². The third kappa shape index (κ3) is 1.13. The van der Waals surface area contributed by atoms with E-state index in [0.29, 0.717) is 0 Å². The third-order valence-corrected chi connectivity index (χ3v) is 1.90. The van der Waals surface area contributed by atoms with Crippen molar-refractivity contribution in [2.24, 2.45) is 0 Å². The Hall–Kier alpha value is -1.64. The van der Waals surface area contributed by atoms with Crippen LogP contribution in [0.25, 0.3) is 10.8 Å². The van der Waals surface area contributed by atoms with Crippen molar-refractivity contribution in [1.29, 1.82) is 0 Å². The quantitative estimate of drug-likeness (QED) is 0.591. The fraction of sp³-hybridized carbons (Fsp3) is 0. The van der Waals surface area contributed by atoms with Gasteiger partial charge in [-0.1, -0.05) is 12.1 Å². The zero-order valence-electron chi connectivity index (χ0n) is 6.55. The van der Waals surface area contributed by atoms with Crippen LogP contribution in [0.4, 0.5) is 8.78 Å². The van der Waals surface area contributed by atoms with Crippen molar-refractivity contribution in [2.75, 3.05) is 0 Å². The van der Waals surface area contributed by atoms with Crippen molar-refractivity contribution in [2.45, 2.75) is 0 Å². The Morgan fingerprint density at radius 2 is 1.69 bits per heavy atom. The van der Waals surface area contributed by atoms with Gasteiger partial charge in [0.25, 0.3) is 0 Å². The molecule has 13 heavy (non-hydrogen) atoms. The largest absolute Gasteiger partial charge is 0.289 e. The Morgan fingerprint density at radius 1 is 0.923 bits per heavy atom. The van der Waals surface area contributed by atoms with E-state index >= 15 is 0 Å². The minimum absolute atomic E-state index is 0.0347. The van der Waals surface area contributed by atoms with Crippen LogP contribution in [0.3, 0.4) is 0 Å². The van der Waals surface area contributed by atoms with Gasteiger partial charge in [0.2, 0.25) is 0 Å². The van der Waals surface area contributed by atoms with E-state index in [0.717, 1.165) is 18.2 Å². The molecule has 0 aromatic heterocycles. The first-order valence-corrected chi connectivity index (χ1v) is 3.74. The van der Waals surface area contributed by atoms with E-state index in [9.17, 15) is 13.9 Å². The van der Waals surface area contributed by atoms with Crippen molar-refractivity contribution in [3.8, 4) is 5.75 Å². The Morgan fingerprint density at radius 3 is 2.38 bits per heavy atom.